The van der Waals surface area contributed by atoms with Crippen LogP contribution in [-0.2, 0) is 77.8 Å². The molecular weight excluding hydrogens is 1480 g/mol. The quantitative estimate of drug-likeness (QED) is 0.0802. The van der Waals surface area contributed by atoms with E-state index in [0.717, 1.165) is 68.0 Å². The number of aromatic nitrogens is 18. The van der Waals surface area contributed by atoms with Crippen molar-refractivity contribution in [2.24, 2.45) is 14.1 Å². The van der Waals surface area contributed by atoms with E-state index in [4.69, 9.17) is 42.6 Å². The van der Waals surface area contributed by atoms with E-state index in [9.17, 15) is 14.9 Å². The molecule has 0 aliphatic carbocycles. The maximum absolute atomic E-state index is 11.4. The average Bonchev–Trinajstić information content (AvgIpc) is 1.62. The zero-order valence-corrected chi connectivity index (χ0v) is 69.2. The number of carbonyl (C=O) groups is 2. The number of anilines is 3. The highest BCUT2D eigenvalue weighted by molar-refractivity contribution is 9.09. The van der Waals surface area contributed by atoms with Crippen LogP contribution in [0.2, 0.25) is 5.28 Å². The second-order valence-electron chi connectivity index (χ2n) is 30.4. The number of nitrogens with two attached hydrogens (primary N) is 1. The Kier molecular flexibility index (Phi) is 28.3. The molecule has 110 heavy (non-hydrogen) atoms. The van der Waals surface area contributed by atoms with Gasteiger partial charge in [0.2, 0.25) is 11.2 Å². The van der Waals surface area contributed by atoms with E-state index in [1.54, 1.807) is 67.7 Å². The van der Waals surface area contributed by atoms with Crippen LogP contribution in [0.3, 0.4) is 0 Å². The molecule has 28 nitrogen and oxygen atoms in total. The maximum Gasteiger partial charge on any atom is 0.210 e. The van der Waals surface area contributed by atoms with Crippen LogP contribution in [-0.4, -0.2) is 105 Å². The Morgan fingerprint density at radius 1 is 0.545 bits per heavy atom. The Bertz CT molecular complexity index is 5370. The summed E-state index contributed by atoms with van der Waals surface area (Å²) in [5.41, 5.74) is 20.2. The van der Waals surface area contributed by atoms with Crippen molar-refractivity contribution in [3.05, 3.63) is 171 Å². The predicted octanol–water partition coefficient (Wildman–Crippen LogP) is 16.0. The summed E-state index contributed by atoms with van der Waals surface area (Å²) in [4.78, 5) is 48.6. The Morgan fingerprint density at radius 3 is 1.39 bits per heavy atom. The molecule has 0 bridgehead atoms. The van der Waals surface area contributed by atoms with Crippen molar-refractivity contribution in [3.8, 4) is 58.9 Å². The van der Waals surface area contributed by atoms with Gasteiger partial charge in [0.15, 0.2) is 40.2 Å². The van der Waals surface area contributed by atoms with Crippen LogP contribution >= 0.6 is 27.5 Å². The smallest absolute Gasteiger partial charge is 0.210 e. The fourth-order valence-electron chi connectivity index (χ4n) is 11.7. The largest absolute Gasteiger partial charge is 0.455 e. The van der Waals surface area contributed by atoms with Crippen molar-refractivity contribution in [1.29, 1.82) is 21.0 Å². The number of pyridine rings is 4. The van der Waals surface area contributed by atoms with Gasteiger partial charge in [-0.2, -0.15) is 51.4 Å². The fourth-order valence-corrected chi connectivity index (χ4v) is 11.9. The highest BCUT2D eigenvalue weighted by atomic mass is 79.9. The molecule has 12 rings (SSSR count). The molecule has 576 valence electrons. The van der Waals surface area contributed by atoms with Crippen LogP contribution < -0.4 is 20.5 Å². The SMILES string of the molecule is CC(=O)Cc1cc(Oc2cnc3nc(Cl)n(C)c3c2C)ccn1.CC(=O)Cc1cc(Oc2cnc3nc(Nc4cc(C(C)(C)C)n(CC#N)n4)n(C)c3c2C)ccn1.CC(C)(C)c1cc(N)nn1CC#N.Cc1ccc(C)n1-c1cc(C(C)(C)C)[nH]n1.Cc1ccc(C)n1-c1cc(C(C)(C)C)n(CC#N)n1.N#CCBr. The third kappa shape index (κ3) is 22.0. The number of H-pyrrole nitrogens is 1. The molecule has 0 amide bonds. The lowest BCUT2D eigenvalue weighted by atomic mass is 9.92. The zero-order valence-electron chi connectivity index (χ0n) is 66.8. The number of imidazole rings is 2. The number of alkyl halides is 1. The molecule has 30 heteroatoms. The summed E-state index contributed by atoms with van der Waals surface area (Å²) in [7, 11) is 3.72. The van der Waals surface area contributed by atoms with Crippen LogP contribution in [0.15, 0.2) is 97.6 Å². The van der Waals surface area contributed by atoms with Gasteiger partial charge in [0.25, 0.3) is 0 Å². The van der Waals surface area contributed by atoms with E-state index in [2.05, 4.69) is 251 Å². The van der Waals surface area contributed by atoms with E-state index >= 15 is 0 Å². The molecule has 0 unspecified atom stereocenters. The summed E-state index contributed by atoms with van der Waals surface area (Å²) in [6, 6.07) is 31.6. The summed E-state index contributed by atoms with van der Waals surface area (Å²) in [5, 5.41) is 59.0. The molecule has 4 N–H and O–H groups in total. The number of hydrogen-bond donors (Lipinski definition) is 3. The minimum absolute atomic E-state index is 0.0263. The second-order valence-corrected chi connectivity index (χ2v) is 31.3. The predicted molar refractivity (Wildman–Crippen MR) is 431 cm³/mol. The van der Waals surface area contributed by atoms with E-state index in [-0.39, 0.29) is 65.7 Å². The number of hydrogen-bond acceptors (Lipinski definition) is 20. The van der Waals surface area contributed by atoms with Gasteiger partial charge < -0.3 is 38.8 Å². The van der Waals surface area contributed by atoms with Gasteiger partial charge in [-0.15, -0.1) is 0 Å². The van der Waals surface area contributed by atoms with Crippen molar-refractivity contribution >= 4 is 79.0 Å². The second kappa shape index (κ2) is 36.4. The van der Waals surface area contributed by atoms with Gasteiger partial charge in [-0.05, 0) is 103 Å². The lowest BCUT2D eigenvalue weighted by molar-refractivity contribution is -0.117. The van der Waals surface area contributed by atoms with Crippen molar-refractivity contribution < 1.29 is 19.1 Å². The average molecular weight is 1580 g/mol. The summed E-state index contributed by atoms with van der Waals surface area (Å²) < 4.78 is 25.1. The number of nitriles is 4. The monoisotopic (exact) mass is 1570 g/mol. The first-order valence-electron chi connectivity index (χ1n) is 35.3. The number of rotatable bonds is 15. The van der Waals surface area contributed by atoms with Crippen LogP contribution in [0.5, 0.6) is 23.0 Å². The van der Waals surface area contributed by atoms with E-state index in [1.165, 1.54) is 25.2 Å². The number of nitrogens with zero attached hydrogens (tertiary/aromatic N) is 21. The topological polar surface area (TPSA) is 365 Å². The lowest BCUT2D eigenvalue weighted by Crippen LogP contribution is -2.18. The van der Waals surface area contributed by atoms with Gasteiger partial charge in [-0.3, -0.25) is 38.7 Å². The van der Waals surface area contributed by atoms with Gasteiger partial charge in [0.1, 0.15) is 48.5 Å². The fraction of sp³-hybridized carbons (Fsp3) is 0.400. The number of nitrogens with one attached hydrogen (secondary N) is 2. The summed E-state index contributed by atoms with van der Waals surface area (Å²) in [6.45, 7) is 41.3. The van der Waals surface area contributed by atoms with Crippen molar-refractivity contribution in [1.82, 2.24) is 87.7 Å². The van der Waals surface area contributed by atoms with Gasteiger partial charge >= 0.3 is 0 Å². The van der Waals surface area contributed by atoms with E-state index in [1.807, 2.05) is 50.7 Å². The molecule has 0 radical (unpaired) electrons. The molecule has 12 aromatic rings. The molecule has 0 atom stereocenters. The summed E-state index contributed by atoms with van der Waals surface area (Å²) in [5.74, 6) is 5.99. The lowest BCUT2D eigenvalue weighted by Gasteiger charge is -2.18. The molecule has 12 heterocycles. The number of Topliss-reactive ketones (excluding diaryl/α,β-unsaturated/α-hetero) is 2. The minimum atomic E-state index is -0.169. The van der Waals surface area contributed by atoms with Crippen molar-refractivity contribution in [2.75, 3.05) is 16.4 Å². The molecule has 12 aromatic heterocycles. The number of ketones is 2. The Hall–Kier alpha value is -11.8. The van der Waals surface area contributed by atoms with Gasteiger partial charge in [-0.1, -0.05) is 99.0 Å². The first-order chi connectivity index (χ1) is 51.6. The molecule has 0 saturated heterocycles. The Labute approximate surface area is 656 Å². The number of ether oxygens (including phenoxy) is 2. The number of aryl methyl sites for hydroxylation is 8. The molecule has 0 aliphatic heterocycles. The standard InChI is InChI=1S/C25H28N8O2.C16H15ClN4O2.C15H20N4.C13H19N3.C9H14N4.C2H2BrN/c1-15(34)11-17-12-18(7-9-27-17)35-19-14-28-23-22(16(19)2)32(6)24(30-23)29-21-13-20(25(3,4)5)33(31-21)10-8-26;1-9(22)6-11-7-12(4-5-18-11)23-13-8-19-15-14(10(13)2)21(3)16(17)20-15;1-11-6-7-12(2)19(11)14-10-13(15(3,4)5)18(17-14)9-8-16;1-9-6-7-10(2)16(9)12-8-11(14-15-12)13(3,4)5;1-9(2,3)7-6-8(11)12-13(7)5-4-10;3-1-2-4/h7,9,12-14H,10-11H2,1-6H3,(H,28,29,30,31);4-5,7-8H,6H2,1-3H3;6-7,10H,9H2,1-5H3;6-8H,1-5H3,(H,14,15);6H,5H2,1-3H3,(H2,11,12);1H2. The van der Waals surface area contributed by atoms with Gasteiger partial charge in [0, 0.05) is 154 Å². The maximum atomic E-state index is 11.4. The normalized spacial score (nSPS) is 11.2. The first-order valence-corrected chi connectivity index (χ1v) is 36.8. The van der Waals surface area contributed by atoms with Gasteiger partial charge in [0.05, 0.1) is 64.4 Å². The van der Waals surface area contributed by atoms with E-state index < -0.39 is 0 Å². The van der Waals surface area contributed by atoms with Crippen LogP contribution in [0, 0.1) is 86.9 Å². The zero-order chi connectivity index (χ0) is 81.5. The number of nitrogen functional groups attached to an aromatic ring is 1. The van der Waals surface area contributed by atoms with E-state index in [0.29, 0.717) is 73.9 Å². The van der Waals surface area contributed by atoms with Crippen molar-refractivity contribution in [2.45, 2.75) is 193 Å². The highest BCUT2D eigenvalue weighted by Crippen LogP contribution is 2.35. The summed E-state index contributed by atoms with van der Waals surface area (Å²) in [6.07, 6.45) is 7.04. The van der Waals surface area contributed by atoms with Crippen molar-refractivity contribution in [3.63, 3.8) is 0 Å². The molecule has 0 aromatic carbocycles. The molecular formula is C80H98BrClN24O4. The van der Waals surface area contributed by atoms with Crippen LogP contribution in [0.1, 0.15) is 165 Å². The Morgan fingerprint density at radius 2 is 0.964 bits per heavy atom. The molecule has 0 spiro atoms. The minimum Gasteiger partial charge on any atom is -0.455 e. The molecule has 0 fully saturated rings. The third-order valence-electron chi connectivity index (χ3n) is 17.0. The highest BCUT2D eigenvalue weighted by Gasteiger charge is 2.26. The number of fused-ring (bicyclic) bond motifs is 2. The number of aromatic amines is 1. The number of carbonyl (C=O) groups excluding carboxylic acids is 2. The van der Waals surface area contributed by atoms with Crippen LogP contribution in [0.25, 0.3) is 34.0 Å². The Balaban J connectivity index is 0.000000197. The number of halogens is 2. The van der Waals surface area contributed by atoms with Gasteiger partial charge in [-0.25, -0.2) is 9.97 Å². The van der Waals surface area contributed by atoms with Crippen LogP contribution in [0.4, 0.5) is 17.6 Å². The summed E-state index contributed by atoms with van der Waals surface area (Å²) >= 11 is 8.92. The molecule has 0 aliphatic rings. The molecule has 0 saturated carbocycles. The third-order valence-corrected chi connectivity index (χ3v) is 17.6. The first kappa shape index (κ1) is 85.5.